The summed E-state index contributed by atoms with van der Waals surface area (Å²) >= 11 is 0. The summed E-state index contributed by atoms with van der Waals surface area (Å²) in [5, 5.41) is 0. The number of nitrogens with zero attached hydrogens (tertiary/aromatic N) is 2. The van der Waals surface area contributed by atoms with E-state index in [-0.39, 0.29) is 24.0 Å². The fourth-order valence-electron chi connectivity index (χ4n) is 1.94. The first kappa shape index (κ1) is 13.9. The van der Waals surface area contributed by atoms with Gasteiger partial charge in [-0.2, -0.15) is 0 Å². The second-order valence-corrected chi connectivity index (χ2v) is 4.47. The third-order valence-corrected chi connectivity index (χ3v) is 3.18. The van der Waals surface area contributed by atoms with Gasteiger partial charge in [-0.15, -0.1) is 0 Å². The van der Waals surface area contributed by atoms with Gasteiger partial charge in [0.25, 0.3) is 0 Å². The molecule has 1 fully saturated rings. The zero-order valence-corrected chi connectivity index (χ0v) is 11.9. The van der Waals surface area contributed by atoms with E-state index in [1.165, 1.54) is 12.2 Å². The van der Waals surface area contributed by atoms with Gasteiger partial charge >= 0.3 is 0 Å². The maximum Gasteiger partial charge on any atom is 0.102 e. The largest absolute Gasteiger partial charge is 1.00 e. The van der Waals surface area contributed by atoms with Crippen LogP contribution in [0.15, 0.2) is 24.4 Å². The minimum atomic E-state index is 0. The summed E-state index contributed by atoms with van der Waals surface area (Å²) in [5.41, 5.74) is 1.20. The third-order valence-electron chi connectivity index (χ3n) is 3.18. The van der Waals surface area contributed by atoms with Crippen LogP contribution in [0, 0.1) is 0 Å². The summed E-state index contributed by atoms with van der Waals surface area (Å²) < 4.78 is 6.51. The molecular formula is C12H19IN2O. The number of ether oxygens (including phenoxy) is 1. The van der Waals surface area contributed by atoms with Crippen LogP contribution in [0.25, 0.3) is 0 Å². The van der Waals surface area contributed by atoms with Crippen molar-refractivity contribution in [1.29, 1.82) is 0 Å². The number of aromatic nitrogens is 1. The van der Waals surface area contributed by atoms with Gasteiger partial charge in [0.05, 0.1) is 26.8 Å². The normalized spacial score (nSPS) is 18.8. The average Bonchev–Trinajstić information content (AvgIpc) is 2.29. The molecule has 3 nitrogen and oxygen atoms in total. The van der Waals surface area contributed by atoms with Gasteiger partial charge in [0, 0.05) is 18.3 Å². The van der Waals surface area contributed by atoms with Crippen LogP contribution in [0.4, 0.5) is 0 Å². The molecule has 0 aromatic carbocycles. The molecule has 2 heterocycles. The summed E-state index contributed by atoms with van der Waals surface area (Å²) in [5.74, 6) is 0. The van der Waals surface area contributed by atoms with E-state index in [0.717, 1.165) is 37.2 Å². The molecule has 1 aliphatic heterocycles. The molecule has 0 spiro atoms. The van der Waals surface area contributed by atoms with Crippen LogP contribution in [0.2, 0.25) is 0 Å². The van der Waals surface area contributed by atoms with E-state index in [1.54, 1.807) is 0 Å². The monoisotopic (exact) mass is 334 g/mol. The van der Waals surface area contributed by atoms with Crippen molar-refractivity contribution in [3.63, 3.8) is 0 Å². The number of hydrogen-bond acceptors (Lipinski definition) is 2. The summed E-state index contributed by atoms with van der Waals surface area (Å²) in [4.78, 5) is 4.35. The van der Waals surface area contributed by atoms with E-state index in [4.69, 9.17) is 4.74 Å². The van der Waals surface area contributed by atoms with Crippen molar-refractivity contribution in [3.05, 3.63) is 30.1 Å². The zero-order chi connectivity index (χ0) is 10.6. The molecule has 0 atom stereocenters. The molecule has 2 rings (SSSR count). The SMILES string of the molecule is C[N+]1(CCc2ccccn2)CCOCC1.[I-]. The highest BCUT2D eigenvalue weighted by Gasteiger charge is 2.24. The maximum atomic E-state index is 5.39. The van der Waals surface area contributed by atoms with Gasteiger partial charge in [-0.1, -0.05) is 6.07 Å². The fourth-order valence-corrected chi connectivity index (χ4v) is 1.94. The molecule has 1 aliphatic rings. The second-order valence-electron chi connectivity index (χ2n) is 4.47. The molecule has 0 N–H and O–H groups in total. The Bertz CT molecular complexity index is 299. The van der Waals surface area contributed by atoms with Gasteiger partial charge in [0.2, 0.25) is 0 Å². The Balaban J connectivity index is 0.00000128. The van der Waals surface area contributed by atoms with Crippen molar-refractivity contribution in [2.24, 2.45) is 0 Å². The minimum absolute atomic E-state index is 0. The van der Waals surface area contributed by atoms with Gasteiger partial charge in [-0.3, -0.25) is 4.98 Å². The quantitative estimate of drug-likeness (QED) is 0.476. The van der Waals surface area contributed by atoms with Crippen molar-refractivity contribution >= 4 is 0 Å². The summed E-state index contributed by atoms with van der Waals surface area (Å²) in [6, 6.07) is 6.13. The lowest BCUT2D eigenvalue weighted by atomic mass is 10.2. The topological polar surface area (TPSA) is 22.1 Å². The predicted molar refractivity (Wildman–Crippen MR) is 59.5 cm³/mol. The lowest BCUT2D eigenvalue weighted by molar-refractivity contribution is -0.916. The van der Waals surface area contributed by atoms with Crippen LogP contribution in [0.3, 0.4) is 0 Å². The van der Waals surface area contributed by atoms with E-state index in [1.807, 2.05) is 12.3 Å². The minimum Gasteiger partial charge on any atom is -1.00 e. The first-order valence-electron chi connectivity index (χ1n) is 5.60. The van der Waals surface area contributed by atoms with E-state index in [2.05, 4.69) is 24.2 Å². The molecule has 90 valence electrons. The Kier molecular flexibility index (Phi) is 5.64. The predicted octanol–water partition coefficient (Wildman–Crippen LogP) is -1.90. The average molecular weight is 334 g/mol. The Morgan fingerprint density at radius 3 is 2.69 bits per heavy atom. The van der Waals surface area contributed by atoms with Crippen molar-refractivity contribution in [2.75, 3.05) is 39.9 Å². The Morgan fingerprint density at radius 2 is 2.06 bits per heavy atom. The molecular weight excluding hydrogens is 315 g/mol. The molecule has 0 bridgehead atoms. The number of likely N-dealkylation sites (N-methyl/N-ethyl adjacent to an activating group) is 1. The zero-order valence-electron chi connectivity index (χ0n) is 9.73. The molecule has 4 heteroatoms. The van der Waals surface area contributed by atoms with E-state index in [0.29, 0.717) is 0 Å². The van der Waals surface area contributed by atoms with Crippen LogP contribution < -0.4 is 24.0 Å². The Labute approximate surface area is 114 Å². The molecule has 0 aliphatic carbocycles. The van der Waals surface area contributed by atoms with E-state index >= 15 is 0 Å². The first-order chi connectivity index (χ1) is 7.29. The van der Waals surface area contributed by atoms with Crippen LogP contribution in [-0.2, 0) is 11.2 Å². The van der Waals surface area contributed by atoms with E-state index in [9.17, 15) is 0 Å². The summed E-state index contributed by atoms with van der Waals surface area (Å²) in [6.07, 6.45) is 2.94. The summed E-state index contributed by atoms with van der Waals surface area (Å²) in [6.45, 7) is 5.23. The molecule has 1 aromatic rings. The number of pyridine rings is 1. The van der Waals surface area contributed by atoms with Crippen molar-refractivity contribution in [2.45, 2.75) is 6.42 Å². The number of morpholine rings is 1. The Hall–Kier alpha value is -0.200. The van der Waals surface area contributed by atoms with Gasteiger partial charge < -0.3 is 33.2 Å². The van der Waals surface area contributed by atoms with Crippen LogP contribution >= 0.6 is 0 Å². The molecule has 1 saturated heterocycles. The molecule has 0 amide bonds. The molecule has 0 unspecified atom stereocenters. The maximum absolute atomic E-state index is 5.39. The number of quaternary nitrogens is 1. The third kappa shape index (κ3) is 3.99. The van der Waals surface area contributed by atoms with Crippen molar-refractivity contribution < 1.29 is 33.2 Å². The lowest BCUT2D eigenvalue weighted by Crippen LogP contribution is -3.00. The highest BCUT2D eigenvalue weighted by Crippen LogP contribution is 2.09. The van der Waals surface area contributed by atoms with Gasteiger partial charge in [0.1, 0.15) is 13.1 Å². The fraction of sp³-hybridized carbons (Fsp3) is 0.583. The van der Waals surface area contributed by atoms with Gasteiger partial charge in [-0.25, -0.2) is 0 Å². The number of rotatable bonds is 3. The van der Waals surface area contributed by atoms with Crippen LogP contribution in [-0.4, -0.2) is 49.4 Å². The molecule has 0 radical (unpaired) electrons. The smallest absolute Gasteiger partial charge is 0.102 e. The highest BCUT2D eigenvalue weighted by molar-refractivity contribution is 5.03. The second kappa shape index (κ2) is 6.51. The van der Waals surface area contributed by atoms with Crippen LogP contribution in [0.1, 0.15) is 5.69 Å². The lowest BCUT2D eigenvalue weighted by Gasteiger charge is -2.37. The Morgan fingerprint density at radius 1 is 1.31 bits per heavy atom. The van der Waals surface area contributed by atoms with Gasteiger partial charge in [-0.05, 0) is 12.1 Å². The van der Waals surface area contributed by atoms with Crippen molar-refractivity contribution in [3.8, 4) is 0 Å². The number of halogens is 1. The van der Waals surface area contributed by atoms with Crippen molar-refractivity contribution in [1.82, 2.24) is 4.98 Å². The highest BCUT2D eigenvalue weighted by atomic mass is 127. The van der Waals surface area contributed by atoms with Gasteiger partial charge in [0.15, 0.2) is 0 Å². The number of hydrogen-bond donors (Lipinski definition) is 0. The standard InChI is InChI=1S/C12H19N2O.HI/c1-14(8-10-15-11-9-14)7-5-12-4-2-3-6-13-12;/h2-4,6H,5,7-11H2,1H3;1H/q+1;/p-1. The first-order valence-corrected chi connectivity index (χ1v) is 5.60. The molecule has 1 aromatic heterocycles. The molecule has 0 saturated carbocycles. The van der Waals surface area contributed by atoms with Crippen LogP contribution in [0.5, 0.6) is 0 Å². The van der Waals surface area contributed by atoms with E-state index < -0.39 is 0 Å². The summed E-state index contributed by atoms with van der Waals surface area (Å²) in [7, 11) is 2.31. The molecule has 16 heavy (non-hydrogen) atoms.